The minimum Gasteiger partial charge on any atom is -0.376 e. The number of rotatable bonds is 3. The molecular weight excluding hydrogens is 184 g/mol. The van der Waals surface area contributed by atoms with Gasteiger partial charge in [0.15, 0.2) is 6.10 Å². The number of carbonyl (C=O) groups is 1. The van der Waals surface area contributed by atoms with Crippen LogP contribution in [0.25, 0.3) is 0 Å². The molecule has 5 nitrogen and oxygen atoms in total. The minimum atomic E-state index is -0.531. The van der Waals surface area contributed by atoms with Crippen molar-refractivity contribution in [1.29, 1.82) is 5.26 Å². The Labute approximate surface area is 83.2 Å². The van der Waals surface area contributed by atoms with Gasteiger partial charge in [-0.3, -0.25) is 4.79 Å². The van der Waals surface area contributed by atoms with Gasteiger partial charge < -0.3 is 14.4 Å². The molecule has 1 atom stereocenters. The highest BCUT2D eigenvalue weighted by Crippen LogP contribution is 2.05. The van der Waals surface area contributed by atoms with Gasteiger partial charge >= 0.3 is 0 Å². The third-order valence-electron chi connectivity index (χ3n) is 2.05. The number of hydrogen-bond acceptors (Lipinski definition) is 4. The largest absolute Gasteiger partial charge is 0.376 e. The van der Waals surface area contributed by atoms with E-state index in [0.29, 0.717) is 26.4 Å². The quantitative estimate of drug-likeness (QED) is 0.588. The van der Waals surface area contributed by atoms with Crippen LogP contribution in [0.5, 0.6) is 0 Å². The molecule has 1 saturated heterocycles. The second-order valence-electron chi connectivity index (χ2n) is 2.94. The second-order valence-corrected chi connectivity index (χ2v) is 2.94. The van der Waals surface area contributed by atoms with E-state index in [0.717, 1.165) is 0 Å². The molecule has 0 aromatic rings. The van der Waals surface area contributed by atoms with Crippen molar-refractivity contribution in [2.45, 2.75) is 13.0 Å². The number of carbonyl (C=O) groups excluding carboxylic acids is 1. The lowest BCUT2D eigenvalue weighted by Gasteiger charge is -2.26. The molecule has 0 spiro atoms. The van der Waals surface area contributed by atoms with Gasteiger partial charge in [-0.25, -0.2) is 0 Å². The fraction of sp³-hybridized carbons (Fsp3) is 0.778. The number of nitriles is 1. The molecule has 14 heavy (non-hydrogen) atoms. The van der Waals surface area contributed by atoms with Gasteiger partial charge in [-0.05, 0) is 6.92 Å². The van der Waals surface area contributed by atoms with Gasteiger partial charge in [0.05, 0.1) is 25.9 Å². The molecule has 0 bridgehead atoms. The summed E-state index contributed by atoms with van der Waals surface area (Å²) in [4.78, 5) is 13.1. The van der Waals surface area contributed by atoms with E-state index in [1.54, 1.807) is 0 Å². The van der Waals surface area contributed by atoms with Gasteiger partial charge in [0.25, 0.3) is 5.91 Å². The van der Waals surface area contributed by atoms with Gasteiger partial charge in [-0.1, -0.05) is 0 Å². The summed E-state index contributed by atoms with van der Waals surface area (Å²) < 4.78 is 10.4. The molecule has 1 amide bonds. The molecule has 0 aliphatic carbocycles. The topological polar surface area (TPSA) is 62.6 Å². The smallest absolute Gasteiger partial charge is 0.254 e. The molecule has 5 heteroatoms. The number of amides is 1. The summed E-state index contributed by atoms with van der Waals surface area (Å²) in [6.45, 7) is 3.73. The molecule has 1 aliphatic rings. The zero-order chi connectivity index (χ0) is 10.4. The average molecular weight is 198 g/mol. The van der Waals surface area contributed by atoms with Gasteiger partial charge in [0, 0.05) is 6.54 Å². The fourth-order valence-corrected chi connectivity index (χ4v) is 1.26. The van der Waals surface area contributed by atoms with Crippen LogP contribution in [0.3, 0.4) is 0 Å². The van der Waals surface area contributed by atoms with Crippen LogP contribution < -0.4 is 0 Å². The fourth-order valence-electron chi connectivity index (χ4n) is 1.26. The van der Waals surface area contributed by atoms with E-state index < -0.39 is 6.10 Å². The lowest BCUT2D eigenvalue weighted by atomic mass is 10.3. The monoisotopic (exact) mass is 198 g/mol. The molecule has 78 valence electrons. The summed E-state index contributed by atoms with van der Waals surface area (Å²) in [6, 6.07) is 1.95. The third-order valence-corrected chi connectivity index (χ3v) is 2.05. The molecule has 0 aromatic carbocycles. The Hall–Kier alpha value is -1.12. The van der Waals surface area contributed by atoms with Crippen molar-refractivity contribution < 1.29 is 14.3 Å². The molecule has 1 fully saturated rings. The van der Waals surface area contributed by atoms with Crippen LogP contribution in [0, 0.1) is 11.3 Å². The number of ether oxygens (including phenoxy) is 2. The molecular formula is C9H14N2O3. The maximum absolute atomic E-state index is 11.7. The Balaban J connectivity index is 2.48. The van der Waals surface area contributed by atoms with Crippen LogP contribution in [0.2, 0.25) is 0 Å². The maximum Gasteiger partial charge on any atom is 0.254 e. The predicted octanol–water partition coefficient (Wildman–Crippen LogP) is -0.226. The van der Waals surface area contributed by atoms with Crippen LogP contribution in [0.15, 0.2) is 0 Å². The Bertz CT molecular complexity index is 231. The van der Waals surface area contributed by atoms with E-state index in [1.165, 1.54) is 4.90 Å². The Morgan fingerprint density at radius 2 is 2.43 bits per heavy atom. The van der Waals surface area contributed by atoms with Crippen LogP contribution in [-0.4, -0.2) is 49.8 Å². The van der Waals surface area contributed by atoms with Crippen molar-refractivity contribution in [2.24, 2.45) is 0 Å². The van der Waals surface area contributed by atoms with Crippen molar-refractivity contribution in [3.63, 3.8) is 0 Å². The van der Waals surface area contributed by atoms with Crippen LogP contribution in [0.4, 0.5) is 0 Å². The molecule has 0 radical (unpaired) electrons. The summed E-state index contributed by atoms with van der Waals surface area (Å²) in [5.41, 5.74) is 0. The second kappa shape index (κ2) is 5.58. The highest BCUT2D eigenvalue weighted by atomic mass is 16.6. The highest BCUT2D eigenvalue weighted by Gasteiger charge is 2.26. The van der Waals surface area contributed by atoms with Crippen molar-refractivity contribution in [2.75, 3.05) is 32.9 Å². The molecule has 1 aliphatic heterocycles. The lowest BCUT2D eigenvalue weighted by Crippen LogP contribution is -2.45. The standard InChI is InChI=1S/C9H14N2O3/c1-2-11(4-3-10)9(12)8-7-13-5-6-14-8/h8H,2,4-7H2,1H3. The predicted molar refractivity (Wildman–Crippen MR) is 48.4 cm³/mol. The summed E-state index contributed by atoms with van der Waals surface area (Å²) >= 11 is 0. The average Bonchev–Trinajstić information content (AvgIpc) is 2.26. The molecule has 0 saturated carbocycles. The third kappa shape index (κ3) is 2.69. The number of hydrogen-bond donors (Lipinski definition) is 0. The van der Waals surface area contributed by atoms with Crippen LogP contribution in [-0.2, 0) is 14.3 Å². The summed E-state index contributed by atoms with van der Waals surface area (Å²) in [6.07, 6.45) is -0.531. The normalized spacial score (nSPS) is 21.3. The van der Waals surface area contributed by atoms with Gasteiger partial charge in [-0.2, -0.15) is 5.26 Å². The van der Waals surface area contributed by atoms with E-state index in [1.807, 2.05) is 13.0 Å². The highest BCUT2D eigenvalue weighted by molar-refractivity contribution is 5.81. The van der Waals surface area contributed by atoms with E-state index in [4.69, 9.17) is 14.7 Å². The minimum absolute atomic E-state index is 0.106. The lowest BCUT2D eigenvalue weighted by molar-refractivity contribution is -0.157. The number of likely N-dealkylation sites (N-methyl/N-ethyl adjacent to an activating group) is 1. The molecule has 1 rings (SSSR count). The summed E-state index contributed by atoms with van der Waals surface area (Å²) in [5, 5.41) is 8.50. The van der Waals surface area contributed by atoms with Crippen LogP contribution >= 0.6 is 0 Å². The van der Waals surface area contributed by atoms with E-state index in [9.17, 15) is 4.79 Å². The summed E-state index contributed by atoms with van der Waals surface area (Å²) in [7, 11) is 0. The van der Waals surface area contributed by atoms with Gasteiger partial charge in [0.2, 0.25) is 0 Å². The first-order chi connectivity index (χ1) is 6.79. The first-order valence-electron chi connectivity index (χ1n) is 4.64. The Kier molecular flexibility index (Phi) is 4.36. The SMILES string of the molecule is CCN(CC#N)C(=O)C1COCCO1. The van der Waals surface area contributed by atoms with Crippen LogP contribution in [0.1, 0.15) is 6.92 Å². The Morgan fingerprint density at radius 1 is 1.64 bits per heavy atom. The van der Waals surface area contributed by atoms with Crippen molar-refractivity contribution in [3.8, 4) is 6.07 Å². The molecule has 1 unspecified atom stereocenters. The van der Waals surface area contributed by atoms with Gasteiger partial charge in [-0.15, -0.1) is 0 Å². The summed E-state index contributed by atoms with van der Waals surface area (Å²) in [5.74, 6) is -0.159. The Morgan fingerprint density at radius 3 is 2.93 bits per heavy atom. The zero-order valence-corrected chi connectivity index (χ0v) is 8.23. The molecule has 1 heterocycles. The van der Waals surface area contributed by atoms with E-state index >= 15 is 0 Å². The first kappa shape index (κ1) is 11.0. The first-order valence-corrected chi connectivity index (χ1v) is 4.64. The zero-order valence-electron chi connectivity index (χ0n) is 8.23. The van der Waals surface area contributed by atoms with Crippen molar-refractivity contribution in [1.82, 2.24) is 4.90 Å². The maximum atomic E-state index is 11.7. The van der Waals surface area contributed by atoms with E-state index in [-0.39, 0.29) is 12.5 Å². The van der Waals surface area contributed by atoms with Crippen molar-refractivity contribution >= 4 is 5.91 Å². The number of nitrogens with zero attached hydrogens (tertiary/aromatic N) is 2. The van der Waals surface area contributed by atoms with E-state index in [2.05, 4.69) is 0 Å². The molecule has 0 aromatic heterocycles. The van der Waals surface area contributed by atoms with Gasteiger partial charge in [0.1, 0.15) is 6.54 Å². The van der Waals surface area contributed by atoms with Crippen molar-refractivity contribution in [3.05, 3.63) is 0 Å². The molecule has 0 N–H and O–H groups in total.